The fourth-order valence-corrected chi connectivity index (χ4v) is 12.2. The normalized spacial score (nSPS) is 26.0. The number of aromatic hydroxyl groups is 1. The molecule has 0 radical (unpaired) electrons. The molecule has 1 aromatic heterocycles. The number of ether oxygens (including phenoxy) is 1. The van der Waals surface area contributed by atoms with Crippen LogP contribution in [0.25, 0.3) is 0 Å². The molecule has 2 aliphatic carbocycles. The first kappa shape index (κ1) is 36.8. The summed E-state index contributed by atoms with van der Waals surface area (Å²) in [7, 11) is 0. The van der Waals surface area contributed by atoms with Crippen LogP contribution < -0.4 is 15.0 Å². The van der Waals surface area contributed by atoms with Gasteiger partial charge in [0.25, 0.3) is 5.91 Å². The lowest BCUT2D eigenvalue weighted by atomic mass is 9.57. The number of carbonyl (C=O) groups is 3. The largest absolute Gasteiger partial charge is 0.508 e. The van der Waals surface area contributed by atoms with Crippen LogP contribution in [0.2, 0.25) is 0 Å². The molecule has 2 spiro atoms. The highest BCUT2D eigenvalue weighted by Gasteiger charge is 2.49. The Balaban J connectivity index is 0.684. The Hall–Kier alpha value is -5.29. The van der Waals surface area contributed by atoms with Gasteiger partial charge in [-0.2, -0.15) is 0 Å². The number of hydrogen-bond acceptors (Lipinski definition) is 9. The van der Waals surface area contributed by atoms with Gasteiger partial charge in [0.2, 0.25) is 11.8 Å². The summed E-state index contributed by atoms with van der Waals surface area (Å²) in [5.74, 6) is 2.47. The summed E-state index contributed by atoms with van der Waals surface area (Å²) in [5, 5.41) is 12.6. The molecule has 3 amide bonds. The van der Waals surface area contributed by atoms with Gasteiger partial charge in [0, 0.05) is 55.1 Å². The van der Waals surface area contributed by atoms with Crippen LogP contribution in [0, 0.1) is 11.3 Å². The Bertz CT molecular complexity index is 2310. The number of benzene rings is 3. The zero-order valence-electron chi connectivity index (χ0n) is 33.6. The maximum Gasteiger partial charge on any atom is 0.255 e. The zero-order chi connectivity index (χ0) is 39.9. The molecule has 304 valence electrons. The van der Waals surface area contributed by atoms with Gasteiger partial charge in [-0.15, -0.1) is 0 Å². The highest BCUT2D eigenvalue weighted by molar-refractivity contribution is 6.05. The van der Waals surface area contributed by atoms with Crippen molar-refractivity contribution < 1.29 is 24.2 Å². The predicted molar refractivity (Wildman–Crippen MR) is 221 cm³/mol. The van der Waals surface area contributed by atoms with Crippen molar-refractivity contribution in [2.75, 3.05) is 44.2 Å². The quantitative estimate of drug-likeness (QED) is 0.219. The van der Waals surface area contributed by atoms with E-state index in [1.807, 2.05) is 24.5 Å². The summed E-state index contributed by atoms with van der Waals surface area (Å²) in [6.45, 7) is 6.36. The van der Waals surface area contributed by atoms with Crippen LogP contribution in [0.15, 0.2) is 73.1 Å². The smallest absolute Gasteiger partial charge is 0.255 e. The van der Waals surface area contributed by atoms with Crippen molar-refractivity contribution in [1.29, 1.82) is 0 Å². The van der Waals surface area contributed by atoms with Crippen LogP contribution in [0.1, 0.15) is 113 Å². The fourth-order valence-electron chi connectivity index (χ4n) is 12.2. The lowest BCUT2D eigenvalue weighted by Crippen LogP contribution is -2.52. The lowest BCUT2D eigenvalue weighted by molar-refractivity contribution is -0.136. The molecule has 3 saturated heterocycles. The van der Waals surface area contributed by atoms with Gasteiger partial charge in [-0.05, 0) is 135 Å². The first-order valence-corrected chi connectivity index (χ1v) is 21.8. The number of aryl methyl sites for hydroxylation is 1. The number of rotatable bonds is 6. The first-order valence-electron chi connectivity index (χ1n) is 21.8. The summed E-state index contributed by atoms with van der Waals surface area (Å²) >= 11 is 0. The summed E-state index contributed by atoms with van der Waals surface area (Å²) in [5.41, 5.74) is 8.00. The molecule has 6 heterocycles. The first-order chi connectivity index (χ1) is 28.7. The maximum atomic E-state index is 13.4. The molecule has 7 aliphatic rings. The van der Waals surface area contributed by atoms with Gasteiger partial charge in [0.1, 0.15) is 23.4 Å². The van der Waals surface area contributed by atoms with Crippen LogP contribution in [-0.2, 0) is 28.0 Å². The van der Waals surface area contributed by atoms with Gasteiger partial charge >= 0.3 is 0 Å². The van der Waals surface area contributed by atoms with Crippen molar-refractivity contribution in [2.24, 2.45) is 11.3 Å². The number of phenolic OH excluding ortho intramolecular Hbond substituents is 1. The van der Waals surface area contributed by atoms with E-state index >= 15 is 0 Å². The average Bonchev–Trinajstić information content (AvgIpc) is 3.75. The van der Waals surface area contributed by atoms with Crippen molar-refractivity contribution in [3.8, 4) is 11.5 Å². The minimum Gasteiger partial charge on any atom is -0.508 e. The molecule has 2 N–H and O–H groups in total. The summed E-state index contributed by atoms with van der Waals surface area (Å²) in [6.07, 6.45) is 13.7. The van der Waals surface area contributed by atoms with E-state index in [1.165, 1.54) is 47.9 Å². The molecule has 2 unspecified atom stereocenters. The van der Waals surface area contributed by atoms with Crippen LogP contribution >= 0.6 is 0 Å². The molecular formula is C48H52N6O5. The molecule has 59 heavy (non-hydrogen) atoms. The number of nitrogens with one attached hydrogen (secondary N) is 1. The van der Waals surface area contributed by atoms with E-state index in [0.29, 0.717) is 42.2 Å². The van der Waals surface area contributed by atoms with Gasteiger partial charge in [-0.3, -0.25) is 24.7 Å². The highest BCUT2D eigenvalue weighted by atomic mass is 16.5. The molecule has 1 saturated carbocycles. The summed E-state index contributed by atoms with van der Waals surface area (Å²) in [6, 6.07) is 20.1. The van der Waals surface area contributed by atoms with E-state index in [0.717, 1.165) is 87.1 Å². The van der Waals surface area contributed by atoms with Crippen molar-refractivity contribution in [2.45, 2.75) is 94.0 Å². The maximum absolute atomic E-state index is 13.4. The second kappa shape index (κ2) is 14.2. The van der Waals surface area contributed by atoms with Crippen molar-refractivity contribution in [3.63, 3.8) is 0 Å². The van der Waals surface area contributed by atoms with Gasteiger partial charge in [0.15, 0.2) is 0 Å². The molecular weight excluding hydrogens is 741 g/mol. The van der Waals surface area contributed by atoms with Crippen LogP contribution in [-0.4, -0.2) is 88.0 Å². The Morgan fingerprint density at radius 2 is 1.66 bits per heavy atom. The zero-order valence-corrected chi connectivity index (χ0v) is 33.6. The summed E-state index contributed by atoms with van der Waals surface area (Å²) in [4.78, 5) is 54.5. The van der Waals surface area contributed by atoms with Crippen molar-refractivity contribution in [1.82, 2.24) is 25.1 Å². The van der Waals surface area contributed by atoms with Crippen LogP contribution in [0.5, 0.6) is 11.5 Å². The number of phenols is 1. The van der Waals surface area contributed by atoms with E-state index in [9.17, 15) is 19.5 Å². The van der Waals surface area contributed by atoms with Crippen LogP contribution in [0.3, 0.4) is 0 Å². The second-order valence-corrected chi connectivity index (χ2v) is 18.8. The van der Waals surface area contributed by atoms with Crippen molar-refractivity contribution in [3.05, 3.63) is 112 Å². The molecule has 0 bridgehead atoms. The SMILES string of the molecule is O=C1CC[C@H](N2Cc3cc4c(cc3C2=O)OCC42CCN(CC3CC4(CCN(c5cnc(C6c7ccc(O)cc7CCC6c6ccccc6)cn5)CC4)C3)CC2)C(=O)N1. The minimum absolute atomic E-state index is 0.0325. The van der Waals surface area contributed by atoms with Gasteiger partial charge in [-0.1, -0.05) is 36.4 Å². The number of aromatic nitrogens is 2. The summed E-state index contributed by atoms with van der Waals surface area (Å²) < 4.78 is 6.28. The molecule has 4 fully saturated rings. The number of imide groups is 1. The Kier molecular flexibility index (Phi) is 8.83. The van der Waals surface area contributed by atoms with E-state index in [1.54, 1.807) is 11.0 Å². The molecule has 5 aliphatic heterocycles. The number of fused-ring (bicyclic) bond motifs is 4. The Morgan fingerprint density at radius 1 is 0.847 bits per heavy atom. The number of likely N-dealkylation sites (tertiary alicyclic amines) is 1. The highest BCUT2D eigenvalue weighted by Crippen LogP contribution is 2.54. The lowest BCUT2D eigenvalue weighted by Gasteiger charge is -2.54. The van der Waals surface area contributed by atoms with Gasteiger partial charge in [0.05, 0.1) is 24.7 Å². The van der Waals surface area contributed by atoms with Crippen LogP contribution in [0.4, 0.5) is 5.82 Å². The molecule has 4 aromatic rings. The standard InChI is InChI=1S/C48H52N6O5/c55-34-7-9-36-32(20-34)6-8-35(31-4-2-1-3-5-31)44(36)39-25-50-42(26-49-39)53-18-12-47(13-19-53)23-30(24-47)27-52-16-14-48(15-17-52)29-59-41-22-37-33(21-38(41)48)28-54(46(37)58)40-10-11-43(56)51-45(40)57/h1-5,7,9,20-22,25-26,30,35,40,44,55H,6,8,10-19,23-24,27-29H2,(H,51,56,57)/t35?,40-,44?/m0/s1. The van der Waals surface area contributed by atoms with Gasteiger partial charge < -0.3 is 24.5 Å². The molecule has 3 atom stereocenters. The average molecular weight is 793 g/mol. The second-order valence-electron chi connectivity index (χ2n) is 18.8. The minimum atomic E-state index is -0.608. The number of anilines is 1. The molecule has 11 heteroatoms. The predicted octanol–water partition coefficient (Wildman–Crippen LogP) is 6.23. The third-order valence-corrected chi connectivity index (χ3v) is 15.4. The van der Waals surface area contributed by atoms with E-state index < -0.39 is 6.04 Å². The molecule has 11 nitrogen and oxygen atoms in total. The van der Waals surface area contributed by atoms with E-state index in [-0.39, 0.29) is 35.5 Å². The number of carbonyl (C=O) groups excluding carboxylic acids is 3. The number of hydrogen-bond donors (Lipinski definition) is 2. The molecule has 3 aromatic carbocycles. The Morgan fingerprint density at radius 3 is 2.42 bits per heavy atom. The van der Waals surface area contributed by atoms with E-state index in [4.69, 9.17) is 14.7 Å². The van der Waals surface area contributed by atoms with E-state index in [2.05, 4.69) is 57.6 Å². The number of piperidine rings is 3. The van der Waals surface area contributed by atoms with Crippen molar-refractivity contribution >= 4 is 23.5 Å². The van der Waals surface area contributed by atoms with Gasteiger partial charge in [-0.25, -0.2) is 4.98 Å². The fraction of sp³-hybridized carbons (Fsp3) is 0.479. The topological polar surface area (TPSA) is 128 Å². The molecule has 11 rings (SSSR count). The monoisotopic (exact) mass is 792 g/mol. The Labute approximate surface area is 345 Å². The number of nitrogens with zero attached hydrogens (tertiary/aromatic N) is 5. The third-order valence-electron chi connectivity index (χ3n) is 15.4. The third kappa shape index (κ3) is 6.38. The number of amides is 3.